The van der Waals surface area contributed by atoms with Crippen molar-refractivity contribution in [2.75, 3.05) is 13.1 Å². The van der Waals surface area contributed by atoms with Crippen LogP contribution in [0.15, 0.2) is 60.0 Å². The van der Waals surface area contributed by atoms with Crippen molar-refractivity contribution in [3.63, 3.8) is 0 Å². The van der Waals surface area contributed by atoms with Crippen LogP contribution in [0.1, 0.15) is 27.4 Å². The minimum Gasteiger partial charge on any atom is -0.347 e. The van der Waals surface area contributed by atoms with Gasteiger partial charge < -0.3 is 9.88 Å². The average molecular weight is 531 g/mol. The molecule has 13 heteroatoms. The molecule has 3 aromatic rings. The maximum atomic E-state index is 13.5. The van der Waals surface area contributed by atoms with Crippen molar-refractivity contribution in [3.8, 4) is 0 Å². The summed E-state index contributed by atoms with van der Waals surface area (Å²) in [6, 6.07) is 7.28. The molecule has 0 unspecified atom stereocenters. The molecule has 1 saturated heterocycles. The predicted molar refractivity (Wildman–Crippen MR) is 119 cm³/mol. The monoisotopic (exact) mass is 530 g/mol. The minimum absolute atomic E-state index is 0.0245. The maximum Gasteiger partial charge on any atom is 0.417 e. The number of nitrogens with zero attached hydrogens (tertiary/aromatic N) is 3. The summed E-state index contributed by atoms with van der Waals surface area (Å²) < 4.78 is 81.3. The van der Waals surface area contributed by atoms with Crippen molar-refractivity contribution in [1.82, 2.24) is 19.2 Å². The number of hydrogen-bond donors (Lipinski definition) is 1. The molecule has 0 bridgehead atoms. The van der Waals surface area contributed by atoms with Gasteiger partial charge in [0.15, 0.2) is 5.03 Å². The summed E-state index contributed by atoms with van der Waals surface area (Å²) in [6.07, 6.45) is -1.99. The standard InChI is InChI=1S/C22H19ClF4N4O3S/c1-30-11-20(28-12-30)35(33,34)31-9-16(13-2-5-15(24)6-3-13)19(10-31)29-21(32)14-4-7-17(18(23)8-14)22(25,26)27/h2-8,11-12,16,19H,9-10H2,1H3,(H,29,32)/t16-,19+/m1/s1. The molecule has 0 saturated carbocycles. The van der Waals surface area contributed by atoms with Crippen molar-refractivity contribution in [2.45, 2.75) is 23.2 Å². The molecular formula is C22H19ClF4N4O3S. The van der Waals surface area contributed by atoms with E-state index in [0.717, 1.165) is 16.4 Å². The summed E-state index contributed by atoms with van der Waals surface area (Å²) >= 11 is 5.73. The summed E-state index contributed by atoms with van der Waals surface area (Å²) in [6.45, 7) is -0.149. The Kier molecular flexibility index (Phi) is 6.64. The van der Waals surface area contributed by atoms with Crippen molar-refractivity contribution in [3.05, 3.63) is 82.5 Å². The molecule has 7 nitrogen and oxygen atoms in total. The molecule has 4 rings (SSSR count). The summed E-state index contributed by atoms with van der Waals surface area (Å²) in [5.74, 6) is -1.76. The maximum absolute atomic E-state index is 13.5. The van der Waals surface area contributed by atoms with Gasteiger partial charge in [0.2, 0.25) is 0 Å². The van der Waals surface area contributed by atoms with Gasteiger partial charge in [-0.25, -0.2) is 17.8 Å². The van der Waals surface area contributed by atoms with Crippen molar-refractivity contribution < 1.29 is 30.8 Å². The Labute approximate surface area is 203 Å². The molecule has 1 amide bonds. The zero-order valence-electron chi connectivity index (χ0n) is 18.1. The zero-order valence-corrected chi connectivity index (χ0v) is 19.7. The molecule has 186 valence electrons. The van der Waals surface area contributed by atoms with Crippen LogP contribution in [0.2, 0.25) is 5.02 Å². The zero-order chi connectivity index (χ0) is 25.5. The smallest absolute Gasteiger partial charge is 0.347 e. The van der Waals surface area contributed by atoms with E-state index in [2.05, 4.69) is 10.3 Å². The van der Waals surface area contributed by atoms with Gasteiger partial charge in [-0.3, -0.25) is 4.79 Å². The third-order valence-corrected chi connectivity index (χ3v) is 7.75. The minimum atomic E-state index is -4.68. The molecule has 1 fully saturated rings. The highest BCUT2D eigenvalue weighted by Crippen LogP contribution is 2.35. The van der Waals surface area contributed by atoms with E-state index < -0.39 is 50.5 Å². The lowest BCUT2D eigenvalue weighted by atomic mass is 9.94. The van der Waals surface area contributed by atoms with E-state index in [1.807, 2.05) is 0 Å². The summed E-state index contributed by atoms with van der Waals surface area (Å²) in [5, 5.41) is 1.90. The molecule has 0 spiro atoms. The number of aryl methyl sites for hydroxylation is 1. The van der Waals surface area contributed by atoms with Crippen LogP contribution < -0.4 is 5.32 Å². The Hall–Kier alpha value is -2.96. The number of imidazole rings is 1. The summed E-state index contributed by atoms with van der Waals surface area (Å²) in [7, 11) is -2.38. The molecule has 1 aliphatic rings. The van der Waals surface area contributed by atoms with Gasteiger partial charge in [-0.2, -0.15) is 17.5 Å². The number of sulfonamides is 1. The van der Waals surface area contributed by atoms with Crippen molar-refractivity contribution in [2.24, 2.45) is 7.05 Å². The average Bonchev–Trinajstić information content (AvgIpc) is 3.40. The Morgan fingerprint density at radius 2 is 1.83 bits per heavy atom. The normalized spacial score (nSPS) is 19.1. The highest BCUT2D eigenvalue weighted by molar-refractivity contribution is 7.89. The number of halogens is 5. The lowest BCUT2D eigenvalue weighted by molar-refractivity contribution is -0.137. The van der Waals surface area contributed by atoms with E-state index in [0.29, 0.717) is 11.6 Å². The SMILES string of the molecule is Cn1cnc(S(=O)(=O)N2C[C@H](NC(=O)c3ccc(C(F)(F)F)c(Cl)c3)[C@@H](c3ccc(F)cc3)C2)c1. The van der Waals surface area contributed by atoms with Crippen LogP contribution in [0.5, 0.6) is 0 Å². The summed E-state index contributed by atoms with van der Waals surface area (Å²) in [4.78, 5) is 16.8. The van der Waals surface area contributed by atoms with Gasteiger partial charge >= 0.3 is 6.18 Å². The predicted octanol–water partition coefficient (Wildman–Crippen LogP) is 3.82. The first-order valence-corrected chi connectivity index (χ1v) is 12.1. The van der Waals surface area contributed by atoms with Crippen LogP contribution >= 0.6 is 11.6 Å². The number of benzene rings is 2. The number of nitrogens with one attached hydrogen (secondary N) is 1. The van der Waals surface area contributed by atoms with Crippen LogP contribution in [-0.4, -0.2) is 47.3 Å². The molecule has 0 aliphatic carbocycles. The van der Waals surface area contributed by atoms with E-state index >= 15 is 0 Å². The van der Waals surface area contributed by atoms with Crippen molar-refractivity contribution in [1.29, 1.82) is 0 Å². The van der Waals surface area contributed by atoms with Crippen LogP contribution in [0.3, 0.4) is 0 Å². The lowest BCUT2D eigenvalue weighted by Gasteiger charge is -2.20. The number of carbonyl (C=O) groups excluding carboxylic acids is 1. The van der Waals surface area contributed by atoms with E-state index in [1.54, 1.807) is 7.05 Å². The second-order valence-electron chi connectivity index (χ2n) is 8.13. The molecular weight excluding hydrogens is 512 g/mol. The first-order valence-electron chi connectivity index (χ1n) is 10.3. The fourth-order valence-electron chi connectivity index (χ4n) is 3.95. The first kappa shape index (κ1) is 25.1. The molecule has 2 heterocycles. The molecule has 0 radical (unpaired) electrons. The van der Waals surface area contributed by atoms with E-state index in [1.165, 1.54) is 41.4 Å². The summed E-state index contributed by atoms with van der Waals surface area (Å²) in [5.41, 5.74) is -0.610. The van der Waals surface area contributed by atoms with E-state index in [9.17, 15) is 30.8 Å². The first-order chi connectivity index (χ1) is 16.4. The van der Waals surface area contributed by atoms with Crippen LogP contribution in [-0.2, 0) is 23.2 Å². The molecule has 1 aliphatic heterocycles. The second kappa shape index (κ2) is 9.25. The number of alkyl halides is 3. The van der Waals surface area contributed by atoms with Crippen LogP contribution in [0.25, 0.3) is 0 Å². The van der Waals surface area contributed by atoms with E-state index in [-0.39, 0.29) is 23.7 Å². The molecule has 2 atom stereocenters. The fourth-order valence-corrected chi connectivity index (χ4v) is 5.70. The lowest BCUT2D eigenvalue weighted by Crippen LogP contribution is -2.40. The molecule has 1 aromatic heterocycles. The highest BCUT2D eigenvalue weighted by Gasteiger charge is 2.42. The quantitative estimate of drug-likeness (QED) is 0.508. The van der Waals surface area contributed by atoms with Gasteiger partial charge in [-0.05, 0) is 35.9 Å². The fraction of sp³-hybridized carbons (Fsp3) is 0.273. The number of rotatable bonds is 5. The van der Waals surface area contributed by atoms with Gasteiger partial charge in [-0.1, -0.05) is 23.7 Å². The Morgan fingerprint density at radius 3 is 2.40 bits per heavy atom. The van der Waals surface area contributed by atoms with Gasteiger partial charge in [0.1, 0.15) is 5.82 Å². The van der Waals surface area contributed by atoms with Gasteiger partial charge in [-0.15, -0.1) is 0 Å². The number of amides is 1. The highest BCUT2D eigenvalue weighted by atomic mass is 35.5. The van der Waals surface area contributed by atoms with Gasteiger partial charge in [0, 0.05) is 37.8 Å². The number of aromatic nitrogens is 2. The number of hydrogen-bond acceptors (Lipinski definition) is 4. The van der Waals surface area contributed by atoms with Crippen molar-refractivity contribution >= 4 is 27.5 Å². The topological polar surface area (TPSA) is 84.3 Å². The molecule has 2 aromatic carbocycles. The largest absolute Gasteiger partial charge is 0.417 e. The van der Waals surface area contributed by atoms with Crippen LogP contribution in [0, 0.1) is 5.82 Å². The van der Waals surface area contributed by atoms with Crippen LogP contribution in [0.4, 0.5) is 17.6 Å². The third kappa shape index (κ3) is 5.19. The second-order valence-corrected chi connectivity index (χ2v) is 10.4. The molecule has 35 heavy (non-hydrogen) atoms. The Morgan fingerprint density at radius 1 is 1.14 bits per heavy atom. The van der Waals surface area contributed by atoms with E-state index in [4.69, 9.17) is 11.6 Å². The number of carbonyl (C=O) groups is 1. The van der Waals surface area contributed by atoms with Gasteiger partial charge in [0.05, 0.1) is 23.0 Å². The third-order valence-electron chi connectivity index (χ3n) is 5.72. The Balaban J connectivity index is 1.62. The van der Waals surface area contributed by atoms with Gasteiger partial charge in [0.25, 0.3) is 15.9 Å². The molecule has 1 N–H and O–H groups in total. The Bertz CT molecular complexity index is 1360.